The van der Waals surface area contributed by atoms with E-state index in [2.05, 4.69) is 4.74 Å². The van der Waals surface area contributed by atoms with Gasteiger partial charge in [0.1, 0.15) is 0 Å². The van der Waals surface area contributed by atoms with E-state index in [9.17, 15) is 4.79 Å². The molecule has 0 saturated heterocycles. The first-order valence-corrected chi connectivity index (χ1v) is 6.32. The third-order valence-electron chi connectivity index (χ3n) is 1.68. The van der Waals surface area contributed by atoms with Gasteiger partial charge in [0.2, 0.25) is 0 Å². The monoisotopic (exact) mass is 259 g/mol. The van der Waals surface area contributed by atoms with Crippen LogP contribution in [0.2, 0.25) is 5.32 Å². The van der Waals surface area contributed by atoms with Crippen molar-refractivity contribution in [2.24, 2.45) is 5.73 Å². The number of carbonyl (C=O) groups excluding carboxylic acids is 1. The number of ether oxygens (including phenoxy) is 1. The second-order valence-electron chi connectivity index (χ2n) is 2.75. The van der Waals surface area contributed by atoms with Gasteiger partial charge in [0.05, 0.1) is 0 Å². The zero-order valence-corrected chi connectivity index (χ0v) is 9.69. The van der Waals surface area contributed by atoms with Crippen LogP contribution in [0, 0.1) is 0 Å². The minimum absolute atomic E-state index is 0.245. The zero-order valence-electron chi connectivity index (χ0n) is 7.97. The number of carbonyl (C=O) groups is 1. The van der Waals surface area contributed by atoms with Gasteiger partial charge in [0.15, 0.2) is 0 Å². The second kappa shape index (κ2) is 5.81. The number of hydrogen-bond acceptors (Lipinski definition) is 3. The quantitative estimate of drug-likeness (QED) is 0.608. The average molecular weight is 258 g/mol. The van der Waals surface area contributed by atoms with E-state index >= 15 is 0 Å². The first-order valence-electron chi connectivity index (χ1n) is 4.25. The topological polar surface area (TPSA) is 52.3 Å². The Kier molecular flexibility index (Phi) is 4.66. The van der Waals surface area contributed by atoms with Gasteiger partial charge in [-0.05, 0) is 0 Å². The fourth-order valence-corrected chi connectivity index (χ4v) is 2.72. The molecule has 0 radical (unpaired) electrons. The number of esters is 1. The van der Waals surface area contributed by atoms with Crippen molar-refractivity contribution in [2.45, 2.75) is 11.4 Å². The summed E-state index contributed by atoms with van der Waals surface area (Å²) in [5.41, 5.74) is 5.62. The van der Waals surface area contributed by atoms with Crippen molar-refractivity contribution < 1.29 is 9.53 Å². The molecule has 0 spiro atoms. The summed E-state index contributed by atoms with van der Waals surface area (Å²) in [6, 6.07) is 9.55. The van der Waals surface area contributed by atoms with Gasteiger partial charge in [-0.3, -0.25) is 0 Å². The van der Waals surface area contributed by atoms with E-state index in [1.165, 1.54) is 11.6 Å². The third kappa shape index (κ3) is 3.50. The molecule has 1 aromatic carbocycles. The molecule has 0 saturated carbocycles. The van der Waals surface area contributed by atoms with Crippen LogP contribution in [-0.4, -0.2) is 34.1 Å². The summed E-state index contributed by atoms with van der Waals surface area (Å²) >= 11 is 0.245. The first kappa shape index (κ1) is 11.2. The molecule has 2 N–H and O–H groups in total. The minimum atomic E-state index is -0.486. The Labute approximate surface area is 89.8 Å². The number of rotatable bonds is 4. The Morgan fingerprint density at radius 2 is 2.14 bits per heavy atom. The van der Waals surface area contributed by atoms with E-state index in [1.54, 1.807) is 0 Å². The first-order chi connectivity index (χ1) is 6.74. The van der Waals surface area contributed by atoms with Crippen molar-refractivity contribution in [1.82, 2.24) is 0 Å². The van der Waals surface area contributed by atoms with Crippen LogP contribution in [0.25, 0.3) is 0 Å². The van der Waals surface area contributed by atoms with E-state index in [0.717, 1.165) is 0 Å². The van der Waals surface area contributed by atoms with E-state index in [-0.39, 0.29) is 20.9 Å². The molecule has 76 valence electrons. The molecule has 0 aliphatic heterocycles. The van der Waals surface area contributed by atoms with E-state index < -0.39 is 6.04 Å². The Morgan fingerprint density at radius 3 is 2.71 bits per heavy atom. The maximum absolute atomic E-state index is 11.0. The van der Waals surface area contributed by atoms with Crippen molar-refractivity contribution in [3.63, 3.8) is 0 Å². The van der Waals surface area contributed by atoms with Crippen LogP contribution in [0.1, 0.15) is 0 Å². The predicted octanol–water partition coefficient (Wildman–Crippen LogP) is -0.0653. The van der Waals surface area contributed by atoms with Gasteiger partial charge in [-0.25, -0.2) is 0 Å². The SMILES string of the molecule is COC(=O)[C@H](N)C[Se]c1ccccc1. The Hall–Kier alpha value is -0.831. The summed E-state index contributed by atoms with van der Waals surface area (Å²) in [5.74, 6) is -0.331. The van der Waals surface area contributed by atoms with Crippen LogP contribution in [-0.2, 0) is 9.53 Å². The van der Waals surface area contributed by atoms with Gasteiger partial charge in [0, 0.05) is 0 Å². The summed E-state index contributed by atoms with van der Waals surface area (Å²) in [6.45, 7) is 0. The number of methoxy groups -OCH3 is 1. The number of benzene rings is 1. The molecule has 0 unspecified atom stereocenters. The fourth-order valence-electron chi connectivity index (χ4n) is 0.922. The number of hydrogen-bond donors (Lipinski definition) is 1. The molecule has 0 fully saturated rings. The Bertz CT molecular complexity index is 289. The van der Waals surface area contributed by atoms with Crippen LogP contribution in [0.15, 0.2) is 30.3 Å². The normalized spacial score (nSPS) is 12.1. The number of nitrogens with two attached hydrogens (primary N) is 1. The molecule has 0 aliphatic carbocycles. The van der Waals surface area contributed by atoms with Gasteiger partial charge in [0.25, 0.3) is 0 Å². The molecular weight excluding hydrogens is 245 g/mol. The van der Waals surface area contributed by atoms with Crippen molar-refractivity contribution in [1.29, 1.82) is 0 Å². The van der Waals surface area contributed by atoms with Gasteiger partial charge in [-0.15, -0.1) is 0 Å². The summed E-state index contributed by atoms with van der Waals surface area (Å²) in [7, 11) is 1.36. The van der Waals surface area contributed by atoms with E-state index in [4.69, 9.17) is 5.73 Å². The summed E-state index contributed by atoms with van der Waals surface area (Å²) in [6.07, 6.45) is 0. The molecule has 0 bridgehead atoms. The van der Waals surface area contributed by atoms with Crippen molar-refractivity contribution in [3.8, 4) is 0 Å². The zero-order chi connectivity index (χ0) is 10.4. The van der Waals surface area contributed by atoms with Crippen LogP contribution in [0.4, 0.5) is 0 Å². The second-order valence-corrected chi connectivity index (χ2v) is 5.05. The standard InChI is InChI=1S/C10H13NO2Se/c1-13-10(12)9(11)7-14-8-5-3-2-4-6-8/h2-6,9H,7,11H2,1H3/t9-/m1/s1. The summed E-state index contributed by atoms with van der Waals surface area (Å²) < 4.78 is 5.80. The molecule has 0 aromatic heterocycles. The summed E-state index contributed by atoms with van der Waals surface area (Å²) in [4.78, 5) is 11.0. The van der Waals surface area contributed by atoms with Crippen molar-refractivity contribution >= 4 is 25.4 Å². The van der Waals surface area contributed by atoms with Crippen LogP contribution >= 0.6 is 0 Å². The third-order valence-corrected chi connectivity index (χ3v) is 4.05. The Balaban J connectivity index is 2.38. The van der Waals surface area contributed by atoms with Gasteiger partial charge >= 0.3 is 89.5 Å². The molecule has 1 atom stereocenters. The van der Waals surface area contributed by atoms with Crippen LogP contribution in [0.3, 0.4) is 0 Å². The molecule has 0 amide bonds. The maximum atomic E-state index is 11.0. The molecule has 4 heteroatoms. The molecule has 1 rings (SSSR count). The molecule has 14 heavy (non-hydrogen) atoms. The fraction of sp³-hybridized carbons (Fsp3) is 0.300. The average Bonchev–Trinajstić information content (AvgIpc) is 2.26. The molecular formula is C10H13NO2Se. The van der Waals surface area contributed by atoms with Crippen molar-refractivity contribution in [2.75, 3.05) is 7.11 Å². The van der Waals surface area contributed by atoms with E-state index in [0.29, 0.717) is 5.32 Å². The van der Waals surface area contributed by atoms with Gasteiger partial charge in [-0.1, -0.05) is 0 Å². The molecule has 0 heterocycles. The van der Waals surface area contributed by atoms with Crippen LogP contribution in [0.5, 0.6) is 0 Å². The predicted molar refractivity (Wildman–Crippen MR) is 56.6 cm³/mol. The van der Waals surface area contributed by atoms with E-state index in [1.807, 2.05) is 30.3 Å². The van der Waals surface area contributed by atoms with Crippen LogP contribution < -0.4 is 10.2 Å². The van der Waals surface area contributed by atoms with Gasteiger partial charge in [-0.2, -0.15) is 0 Å². The molecule has 1 aromatic rings. The van der Waals surface area contributed by atoms with Gasteiger partial charge < -0.3 is 0 Å². The summed E-state index contributed by atoms with van der Waals surface area (Å²) in [5, 5.41) is 0.684. The van der Waals surface area contributed by atoms with Crippen molar-refractivity contribution in [3.05, 3.63) is 30.3 Å². The molecule has 0 aliphatic rings. The molecule has 3 nitrogen and oxygen atoms in total. The Morgan fingerprint density at radius 1 is 1.50 bits per heavy atom.